The van der Waals surface area contributed by atoms with E-state index in [0.29, 0.717) is 0 Å². The van der Waals surface area contributed by atoms with Crippen molar-refractivity contribution in [3.63, 3.8) is 0 Å². The first-order valence-electron chi connectivity index (χ1n) is 6.64. The van der Waals surface area contributed by atoms with Gasteiger partial charge in [0.1, 0.15) is 6.04 Å². The van der Waals surface area contributed by atoms with E-state index in [1.807, 2.05) is 6.07 Å². The normalized spacial score (nSPS) is 26.3. The van der Waals surface area contributed by atoms with Crippen LogP contribution in [0.1, 0.15) is 31.4 Å². The van der Waals surface area contributed by atoms with Crippen molar-refractivity contribution in [1.29, 1.82) is 0 Å². The Morgan fingerprint density at radius 3 is 3.06 bits per heavy atom. The molecule has 2 heterocycles. The van der Waals surface area contributed by atoms with Crippen LogP contribution in [0.25, 0.3) is 0 Å². The molecule has 0 saturated carbocycles. The van der Waals surface area contributed by atoms with Gasteiger partial charge in [0, 0.05) is 30.0 Å². The van der Waals surface area contributed by atoms with Crippen molar-refractivity contribution in [3.8, 4) is 0 Å². The van der Waals surface area contributed by atoms with E-state index in [1.54, 1.807) is 0 Å². The Balaban J connectivity index is 1.84. The number of amides is 1. The Kier molecular flexibility index (Phi) is 2.74. The average molecular weight is 245 g/mol. The van der Waals surface area contributed by atoms with Crippen molar-refractivity contribution in [2.45, 2.75) is 25.8 Å². The van der Waals surface area contributed by atoms with Crippen LogP contribution in [0.5, 0.6) is 0 Å². The van der Waals surface area contributed by atoms with Gasteiger partial charge in [0.2, 0.25) is 5.91 Å². The minimum absolute atomic E-state index is 0.102. The number of nitrogens with two attached hydrogens (primary N) is 1. The number of carbonyl (C=O) groups is 1. The lowest BCUT2D eigenvalue weighted by Crippen LogP contribution is -2.19. The molecule has 96 valence electrons. The van der Waals surface area contributed by atoms with E-state index in [1.165, 1.54) is 18.5 Å². The number of hydrogen-bond donors (Lipinski definition) is 2. The zero-order valence-corrected chi connectivity index (χ0v) is 10.6. The minimum Gasteiger partial charge on any atom is -0.371 e. The molecule has 2 unspecified atom stereocenters. The third-order valence-corrected chi connectivity index (χ3v) is 4.14. The lowest BCUT2D eigenvalue weighted by Gasteiger charge is -2.19. The highest BCUT2D eigenvalue weighted by Gasteiger charge is 2.28. The lowest BCUT2D eigenvalue weighted by atomic mass is 10.1. The van der Waals surface area contributed by atoms with Crippen molar-refractivity contribution >= 4 is 17.3 Å². The quantitative estimate of drug-likeness (QED) is 0.836. The maximum absolute atomic E-state index is 11.5. The second-order valence-electron chi connectivity index (χ2n) is 5.25. The van der Waals surface area contributed by atoms with Crippen LogP contribution >= 0.6 is 0 Å². The molecular formula is C14H19N3O. The second kappa shape index (κ2) is 4.28. The fraction of sp³-hybridized carbons (Fsp3) is 0.500. The molecule has 0 spiro atoms. The van der Waals surface area contributed by atoms with Gasteiger partial charge in [-0.2, -0.15) is 0 Å². The molecule has 0 aromatic heterocycles. The van der Waals surface area contributed by atoms with Crippen molar-refractivity contribution < 1.29 is 4.79 Å². The molecule has 2 aliphatic rings. The summed E-state index contributed by atoms with van der Waals surface area (Å²) >= 11 is 0. The largest absolute Gasteiger partial charge is 0.371 e. The Morgan fingerprint density at radius 2 is 2.33 bits per heavy atom. The van der Waals surface area contributed by atoms with Gasteiger partial charge in [0.15, 0.2) is 0 Å². The van der Waals surface area contributed by atoms with Gasteiger partial charge >= 0.3 is 0 Å². The molecule has 1 fully saturated rings. The third-order valence-electron chi connectivity index (χ3n) is 4.14. The summed E-state index contributed by atoms with van der Waals surface area (Å²) in [5.41, 5.74) is 8.80. The summed E-state index contributed by atoms with van der Waals surface area (Å²) in [6.07, 6.45) is 2.50. The van der Waals surface area contributed by atoms with Crippen LogP contribution in [-0.2, 0) is 4.79 Å². The summed E-state index contributed by atoms with van der Waals surface area (Å²) in [5.74, 6) is 0.699. The number of nitrogens with one attached hydrogen (secondary N) is 1. The van der Waals surface area contributed by atoms with Crippen LogP contribution in [-0.4, -0.2) is 19.0 Å². The average Bonchev–Trinajstić information content (AvgIpc) is 2.95. The zero-order valence-electron chi connectivity index (χ0n) is 10.6. The SMILES string of the molecule is CCC1CCN(c2ccc3c(c2)NC(=O)C3N)C1. The first kappa shape index (κ1) is 11.5. The molecule has 0 aliphatic carbocycles. The minimum atomic E-state index is -0.504. The standard InChI is InChI=1S/C14H19N3O/c1-2-9-5-6-17(8-9)10-3-4-11-12(7-10)16-14(18)13(11)15/h3-4,7,9,13H,2,5-6,8,15H2,1H3,(H,16,18). The predicted molar refractivity (Wildman–Crippen MR) is 72.6 cm³/mol. The molecule has 18 heavy (non-hydrogen) atoms. The Hall–Kier alpha value is -1.55. The molecule has 1 amide bonds. The lowest BCUT2D eigenvalue weighted by molar-refractivity contribution is -0.116. The van der Waals surface area contributed by atoms with Gasteiger partial charge in [-0.25, -0.2) is 0 Å². The number of hydrogen-bond acceptors (Lipinski definition) is 3. The van der Waals surface area contributed by atoms with Gasteiger partial charge < -0.3 is 16.0 Å². The number of nitrogens with zero attached hydrogens (tertiary/aromatic N) is 1. The summed E-state index contributed by atoms with van der Waals surface area (Å²) in [7, 11) is 0. The van der Waals surface area contributed by atoms with Gasteiger partial charge in [-0.15, -0.1) is 0 Å². The van der Waals surface area contributed by atoms with E-state index in [4.69, 9.17) is 5.73 Å². The van der Waals surface area contributed by atoms with Crippen LogP contribution in [0, 0.1) is 5.92 Å². The van der Waals surface area contributed by atoms with Gasteiger partial charge in [0.05, 0.1) is 0 Å². The molecule has 1 aromatic rings. The van der Waals surface area contributed by atoms with Crippen molar-refractivity contribution in [2.75, 3.05) is 23.3 Å². The number of anilines is 2. The number of benzene rings is 1. The second-order valence-corrected chi connectivity index (χ2v) is 5.25. The topological polar surface area (TPSA) is 58.4 Å². The first-order chi connectivity index (χ1) is 8.69. The van der Waals surface area contributed by atoms with Crippen LogP contribution in [0.15, 0.2) is 18.2 Å². The van der Waals surface area contributed by atoms with Gasteiger partial charge in [-0.3, -0.25) is 4.79 Å². The zero-order chi connectivity index (χ0) is 12.7. The Bertz CT molecular complexity index is 486. The van der Waals surface area contributed by atoms with E-state index in [9.17, 15) is 4.79 Å². The van der Waals surface area contributed by atoms with Crippen LogP contribution in [0.2, 0.25) is 0 Å². The number of carbonyl (C=O) groups excluding carboxylic acids is 1. The summed E-state index contributed by atoms with van der Waals surface area (Å²) < 4.78 is 0. The van der Waals surface area contributed by atoms with Gasteiger partial charge in [-0.05, 0) is 24.5 Å². The molecule has 4 heteroatoms. The monoisotopic (exact) mass is 245 g/mol. The summed E-state index contributed by atoms with van der Waals surface area (Å²) in [6.45, 7) is 4.47. The fourth-order valence-corrected chi connectivity index (χ4v) is 2.87. The molecule has 4 nitrogen and oxygen atoms in total. The molecule has 1 aromatic carbocycles. The smallest absolute Gasteiger partial charge is 0.245 e. The Morgan fingerprint density at radius 1 is 1.50 bits per heavy atom. The predicted octanol–water partition coefficient (Wildman–Crippen LogP) is 1.87. The fourth-order valence-electron chi connectivity index (χ4n) is 2.87. The van der Waals surface area contributed by atoms with Gasteiger partial charge in [0.25, 0.3) is 0 Å². The van der Waals surface area contributed by atoms with Crippen LogP contribution in [0.3, 0.4) is 0 Å². The van der Waals surface area contributed by atoms with E-state index in [2.05, 4.69) is 29.3 Å². The first-order valence-corrected chi connectivity index (χ1v) is 6.64. The summed E-state index contributed by atoms with van der Waals surface area (Å²) in [6, 6.07) is 5.61. The molecule has 2 aliphatic heterocycles. The molecular weight excluding hydrogens is 226 g/mol. The van der Waals surface area contributed by atoms with Crippen molar-refractivity contribution in [2.24, 2.45) is 11.7 Å². The summed E-state index contributed by atoms with van der Waals surface area (Å²) in [4.78, 5) is 13.9. The Labute approximate surface area is 107 Å². The van der Waals surface area contributed by atoms with E-state index in [0.717, 1.165) is 30.3 Å². The molecule has 3 rings (SSSR count). The van der Waals surface area contributed by atoms with Crippen LogP contribution < -0.4 is 16.0 Å². The number of rotatable bonds is 2. The highest BCUT2D eigenvalue weighted by Crippen LogP contribution is 2.34. The third kappa shape index (κ3) is 1.77. The van der Waals surface area contributed by atoms with E-state index in [-0.39, 0.29) is 5.91 Å². The maximum atomic E-state index is 11.5. The highest BCUT2D eigenvalue weighted by molar-refractivity contribution is 6.02. The maximum Gasteiger partial charge on any atom is 0.245 e. The van der Waals surface area contributed by atoms with E-state index < -0.39 is 6.04 Å². The molecule has 1 saturated heterocycles. The molecule has 0 bridgehead atoms. The summed E-state index contributed by atoms with van der Waals surface area (Å²) in [5, 5.41) is 2.85. The van der Waals surface area contributed by atoms with E-state index >= 15 is 0 Å². The van der Waals surface area contributed by atoms with Crippen molar-refractivity contribution in [3.05, 3.63) is 23.8 Å². The van der Waals surface area contributed by atoms with Crippen molar-refractivity contribution in [1.82, 2.24) is 0 Å². The molecule has 2 atom stereocenters. The highest BCUT2D eigenvalue weighted by atomic mass is 16.2. The van der Waals surface area contributed by atoms with Gasteiger partial charge in [-0.1, -0.05) is 19.4 Å². The van der Waals surface area contributed by atoms with Crippen LogP contribution in [0.4, 0.5) is 11.4 Å². The molecule has 3 N–H and O–H groups in total. The number of fused-ring (bicyclic) bond motifs is 1. The molecule has 0 radical (unpaired) electrons.